The lowest BCUT2D eigenvalue weighted by Crippen LogP contribution is -2.45. The van der Waals surface area contributed by atoms with Crippen LogP contribution >= 0.6 is 0 Å². The first-order valence-corrected chi connectivity index (χ1v) is 8.77. The molecule has 23 heavy (non-hydrogen) atoms. The molecule has 1 aromatic carbocycles. The van der Waals surface area contributed by atoms with Gasteiger partial charge in [0.05, 0.1) is 25.1 Å². The summed E-state index contributed by atoms with van der Waals surface area (Å²) in [6, 6.07) is 4.46. The van der Waals surface area contributed by atoms with Gasteiger partial charge in [0.15, 0.2) is 0 Å². The van der Waals surface area contributed by atoms with Gasteiger partial charge in [-0.15, -0.1) is 0 Å². The van der Waals surface area contributed by atoms with Crippen LogP contribution in [-0.2, 0) is 10.0 Å². The highest BCUT2D eigenvalue weighted by Gasteiger charge is 2.14. The van der Waals surface area contributed by atoms with Crippen molar-refractivity contribution in [2.75, 3.05) is 43.9 Å². The largest absolute Gasteiger partial charge is 0.399 e. The Balaban J connectivity index is 2.66. The van der Waals surface area contributed by atoms with E-state index >= 15 is 0 Å². The van der Waals surface area contributed by atoms with E-state index in [-0.39, 0.29) is 24.3 Å². The quantitative estimate of drug-likeness (QED) is 0.182. The molecule has 0 spiro atoms. The lowest BCUT2D eigenvalue weighted by Gasteiger charge is -2.20. The van der Waals surface area contributed by atoms with Crippen LogP contribution in [0.25, 0.3) is 0 Å². The molecule has 9 nitrogen and oxygen atoms in total. The van der Waals surface area contributed by atoms with Crippen molar-refractivity contribution in [1.29, 1.82) is 0 Å². The summed E-state index contributed by atoms with van der Waals surface area (Å²) in [5.74, 6) is 0. The first-order chi connectivity index (χ1) is 10.9. The monoisotopic (exact) mass is 347 g/mol. The SMILES string of the molecule is Nc1ccc(NCCC(NCCO)NCCO)c(S(N)(=O)=O)c1. The van der Waals surface area contributed by atoms with Crippen molar-refractivity contribution in [3.05, 3.63) is 18.2 Å². The van der Waals surface area contributed by atoms with Crippen molar-refractivity contribution >= 4 is 21.4 Å². The molecule has 1 rings (SSSR count). The van der Waals surface area contributed by atoms with E-state index in [0.717, 1.165) is 0 Å². The molecule has 0 unspecified atom stereocenters. The summed E-state index contributed by atoms with van der Waals surface area (Å²) in [5.41, 5.74) is 6.29. The zero-order chi connectivity index (χ0) is 17.3. The molecule has 0 radical (unpaired) electrons. The van der Waals surface area contributed by atoms with Crippen LogP contribution in [0, 0.1) is 0 Å². The highest BCUT2D eigenvalue weighted by molar-refractivity contribution is 7.89. The number of nitrogen functional groups attached to an aromatic ring is 1. The molecule has 0 aliphatic heterocycles. The number of nitrogens with one attached hydrogen (secondary N) is 3. The van der Waals surface area contributed by atoms with Crippen LogP contribution < -0.4 is 26.8 Å². The zero-order valence-electron chi connectivity index (χ0n) is 12.8. The van der Waals surface area contributed by atoms with Crippen molar-refractivity contribution in [1.82, 2.24) is 10.6 Å². The van der Waals surface area contributed by atoms with Gasteiger partial charge in [0.1, 0.15) is 4.90 Å². The van der Waals surface area contributed by atoms with Crippen molar-refractivity contribution in [3.63, 3.8) is 0 Å². The van der Waals surface area contributed by atoms with Gasteiger partial charge < -0.3 is 21.3 Å². The lowest BCUT2D eigenvalue weighted by atomic mass is 10.2. The van der Waals surface area contributed by atoms with Gasteiger partial charge in [-0.05, 0) is 24.6 Å². The third kappa shape index (κ3) is 7.12. The fourth-order valence-electron chi connectivity index (χ4n) is 2.03. The van der Waals surface area contributed by atoms with Crippen molar-refractivity contribution in [2.24, 2.45) is 5.14 Å². The molecule has 0 amide bonds. The molecule has 0 heterocycles. The molecule has 0 aliphatic carbocycles. The fourth-order valence-corrected chi connectivity index (χ4v) is 2.77. The molecule has 0 aromatic heterocycles. The summed E-state index contributed by atoms with van der Waals surface area (Å²) in [5, 5.41) is 32.0. The van der Waals surface area contributed by atoms with Gasteiger partial charge in [0, 0.05) is 25.3 Å². The topological polar surface area (TPSA) is 163 Å². The van der Waals surface area contributed by atoms with Gasteiger partial charge in [0.25, 0.3) is 0 Å². The predicted molar refractivity (Wildman–Crippen MR) is 89.3 cm³/mol. The van der Waals surface area contributed by atoms with Gasteiger partial charge in [-0.25, -0.2) is 13.6 Å². The number of sulfonamides is 1. The van der Waals surface area contributed by atoms with Crippen molar-refractivity contribution in [3.8, 4) is 0 Å². The van der Waals surface area contributed by atoms with Crippen LogP contribution in [0.4, 0.5) is 11.4 Å². The molecule has 1 aromatic rings. The average molecular weight is 347 g/mol. The smallest absolute Gasteiger partial charge is 0.240 e. The Hall–Kier alpha value is -1.43. The molecule has 9 N–H and O–H groups in total. The highest BCUT2D eigenvalue weighted by atomic mass is 32.2. The second kappa shape index (κ2) is 9.65. The normalized spacial score (nSPS) is 11.8. The number of rotatable bonds is 11. The third-order valence-electron chi connectivity index (χ3n) is 3.07. The van der Waals surface area contributed by atoms with E-state index in [1.807, 2.05) is 0 Å². The number of anilines is 2. The summed E-state index contributed by atoms with van der Waals surface area (Å²) in [7, 11) is -3.87. The van der Waals surface area contributed by atoms with Crippen LogP contribution in [0.5, 0.6) is 0 Å². The molecular weight excluding hydrogens is 322 g/mol. The first-order valence-electron chi connectivity index (χ1n) is 7.23. The van der Waals surface area contributed by atoms with Crippen molar-refractivity contribution in [2.45, 2.75) is 17.5 Å². The van der Waals surface area contributed by atoms with Gasteiger partial charge in [-0.3, -0.25) is 10.6 Å². The number of benzene rings is 1. The Labute approximate surface area is 136 Å². The summed E-state index contributed by atoms with van der Waals surface area (Å²) < 4.78 is 23.2. The molecule has 10 heteroatoms. The molecule has 0 fully saturated rings. The van der Waals surface area contributed by atoms with E-state index in [0.29, 0.717) is 37.4 Å². The van der Waals surface area contributed by atoms with Crippen LogP contribution in [0.15, 0.2) is 23.1 Å². The van der Waals surface area contributed by atoms with Crippen LogP contribution in [0.2, 0.25) is 0 Å². The fraction of sp³-hybridized carbons (Fsp3) is 0.538. The number of hydrogen-bond donors (Lipinski definition) is 7. The molecule has 132 valence electrons. The summed E-state index contributed by atoms with van der Waals surface area (Å²) in [4.78, 5) is -0.0549. The predicted octanol–water partition coefficient (Wildman–Crippen LogP) is -1.79. The summed E-state index contributed by atoms with van der Waals surface area (Å²) in [6.07, 6.45) is 0.461. The lowest BCUT2D eigenvalue weighted by molar-refractivity contribution is 0.256. The summed E-state index contributed by atoms with van der Waals surface area (Å²) >= 11 is 0. The first kappa shape index (κ1) is 19.6. The maximum absolute atomic E-state index is 11.6. The van der Waals surface area contributed by atoms with Crippen LogP contribution in [0.3, 0.4) is 0 Å². The zero-order valence-corrected chi connectivity index (χ0v) is 13.6. The van der Waals surface area contributed by atoms with E-state index in [1.54, 1.807) is 12.1 Å². The minimum atomic E-state index is -3.87. The van der Waals surface area contributed by atoms with Gasteiger partial charge >= 0.3 is 0 Å². The van der Waals surface area contributed by atoms with Crippen LogP contribution in [-0.4, -0.2) is 57.6 Å². The number of nitrogens with two attached hydrogens (primary N) is 2. The van der Waals surface area contributed by atoms with E-state index < -0.39 is 10.0 Å². The van der Waals surface area contributed by atoms with Crippen LogP contribution in [0.1, 0.15) is 6.42 Å². The third-order valence-corrected chi connectivity index (χ3v) is 4.02. The Kier molecular flexibility index (Phi) is 8.23. The average Bonchev–Trinajstić information content (AvgIpc) is 2.49. The van der Waals surface area contributed by atoms with E-state index in [9.17, 15) is 8.42 Å². The molecule has 0 saturated carbocycles. The molecule has 0 aliphatic rings. The Morgan fingerprint density at radius 2 is 1.70 bits per heavy atom. The number of aliphatic hydroxyl groups is 2. The van der Waals surface area contributed by atoms with Gasteiger partial charge in [-0.2, -0.15) is 0 Å². The maximum Gasteiger partial charge on any atom is 0.240 e. The Morgan fingerprint density at radius 1 is 1.09 bits per heavy atom. The molecular formula is C13H25N5O4S. The minimum Gasteiger partial charge on any atom is -0.399 e. The Morgan fingerprint density at radius 3 is 2.22 bits per heavy atom. The second-order valence-electron chi connectivity index (χ2n) is 4.92. The van der Waals surface area contributed by atoms with E-state index in [4.69, 9.17) is 21.1 Å². The molecule has 0 atom stereocenters. The van der Waals surface area contributed by atoms with E-state index in [1.165, 1.54) is 6.07 Å². The van der Waals surface area contributed by atoms with Crippen molar-refractivity contribution < 1.29 is 18.6 Å². The van der Waals surface area contributed by atoms with Gasteiger partial charge in [0.2, 0.25) is 10.0 Å². The number of primary sulfonamides is 1. The number of hydrogen-bond acceptors (Lipinski definition) is 8. The molecule has 0 bridgehead atoms. The second-order valence-corrected chi connectivity index (χ2v) is 6.45. The molecule has 0 saturated heterocycles. The highest BCUT2D eigenvalue weighted by Crippen LogP contribution is 2.22. The van der Waals surface area contributed by atoms with Gasteiger partial charge in [-0.1, -0.05) is 0 Å². The summed E-state index contributed by atoms with van der Waals surface area (Å²) in [6.45, 7) is 1.27. The Bertz CT molecular complexity index is 574. The minimum absolute atomic E-state index is 0.00173. The maximum atomic E-state index is 11.6. The number of aliphatic hydroxyl groups excluding tert-OH is 2. The van der Waals surface area contributed by atoms with E-state index in [2.05, 4.69) is 16.0 Å². The standard InChI is InChI=1S/C13H25N5O4S/c14-10-1-2-11(12(9-10)23(15,21)22)16-4-3-13(17-5-7-19)18-6-8-20/h1-2,9,13,16-20H,3-8,14H2,(H2,15,21,22).